The fourth-order valence-corrected chi connectivity index (χ4v) is 1.83. The summed E-state index contributed by atoms with van der Waals surface area (Å²) in [4.78, 5) is 14.2. The molecule has 1 aromatic carbocycles. The third-order valence-electron chi connectivity index (χ3n) is 2.91. The molecule has 1 heterocycles. The summed E-state index contributed by atoms with van der Waals surface area (Å²) in [6.45, 7) is 3.98. The van der Waals surface area contributed by atoms with Crippen LogP contribution in [0.3, 0.4) is 0 Å². The van der Waals surface area contributed by atoms with Crippen molar-refractivity contribution in [3.05, 3.63) is 63.8 Å². The number of nitro groups is 1. The molecule has 1 atom stereocenters. The van der Waals surface area contributed by atoms with Crippen molar-refractivity contribution in [2.45, 2.75) is 19.9 Å². The predicted molar refractivity (Wildman–Crippen MR) is 74.1 cm³/mol. The molecular formula is C14H15N3O2. The van der Waals surface area contributed by atoms with Crippen LogP contribution in [-0.4, -0.2) is 9.91 Å². The first-order valence-corrected chi connectivity index (χ1v) is 6.00. The van der Waals surface area contributed by atoms with Crippen LogP contribution in [-0.2, 0) is 0 Å². The monoisotopic (exact) mass is 257 g/mol. The number of anilines is 1. The second-order valence-corrected chi connectivity index (χ2v) is 4.41. The zero-order chi connectivity index (χ0) is 13.8. The maximum atomic E-state index is 10.9. The van der Waals surface area contributed by atoms with Gasteiger partial charge in [-0.15, -0.1) is 0 Å². The molecule has 0 radical (unpaired) electrons. The summed E-state index contributed by atoms with van der Waals surface area (Å²) >= 11 is 0. The molecular weight excluding hydrogens is 242 g/mol. The first-order chi connectivity index (χ1) is 9.08. The number of aromatic nitrogens is 1. The molecule has 98 valence electrons. The van der Waals surface area contributed by atoms with Crippen molar-refractivity contribution in [3.63, 3.8) is 0 Å². The first-order valence-electron chi connectivity index (χ1n) is 6.00. The highest BCUT2D eigenvalue weighted by molar-refractivity contribution is 5.57. The maximum absolute atomic E-state index is 10.9. The Bertz CT molecular complexity index is 581. The maximum Gasteiger partial charge on any atom is 0.386 e. The summed E-state index contributed by atoms with van der Waals surface area (Å²) in [6.07, 6.45) is 1.42. The Hall–Kier alpha value is -2.43. The number of nitrogens with one attached hydrogen (secondary N) is 1. The Kier molecular flexibility index (Phi) is 3.75. The molecule has 19 heavy (non-hydrogen) atoms. The molecule has 1 unspecified atom stereocenters. The summed E-state index contributed by atoms with van der Waals surface area (Å²) in [6, 6.07) is 11.4. The van der Waals surface area contributed by atoms with Crippen LogP contribution in [0.5, 0.6) is 0 Å². The van der Waals surface area contributed by atoms with Crippen molar-refractivity contribution in [2.75, 3.05) is 5.32 Å². The summed E-state index contributed by atoms with van der Waals surface area (Å²) in [5.74, 6) is -0.151. The van der Waals surface area contributed by atoms with Crippen molar-refractivity contribution in [2.24, 2.45) is 0 Å². The van der Waals surface area contributed by atoms with Crippen molar-refractivity contribution in [1.29, 1.82) is 0 Å². The summed E-state index contributed by atoms with van der Waals surface area (Å²) in [5, 5.41) is 14.0. The van der Waals surface area contributed by atoms with E-state index < -0.39 is 4.92 Å². The summed E-state index contributed by atoms with van der Waals surface area (Å²) in [7, 11) is 0. The molecule has 1 N–H and O–H groups in total. The number of pyridine rings is 1. The van der Waals surface area contributed by atoms with Gasteiger partial charge in [0.2, 0.25) is 0 Å². The van der Waals surface area contributed by atoms with E-state index in [2.05, 4.69) is 10.3 Å². The molecule has 5 heteroatoms. The van der Waals surface area contributed by atoms with Gasteiger partial charge in [-0.2, -0.15) is 0 Å². The highest BCUT2D eigenvalue weighted by atomic mass is 16.6. The third kappa shape index (κ3) is 3.07. The number of nitrogens with zero attached hydrogens (tertiary/aromatic N) is 2. The minimum atomic E-state index is -0.482. The van der Waals surface area contributed by atoms with Crippen molar-refractivity contribution in [1.82, 2.24) is 4.98 Å². The van der Waals surface area contributed by atoms with Crippen LogP contribution in [0.2, 0.25) is 0 Å². The van der Waals surface area contributed by atoms with E-state index in [9.17, 15) is 10.1 Å². The van der Waals surface area contributed by atoms with Gasteiger partial charge in [0.25, 0.3) is 0 Å². The lowest BCUT2D eigenvalue weighted by molar-refractivity contribution is -0.388. The molecule has 0 amide bonds. The largest absolute Gasteiger partial charge is 0.386 e. The SMILES string of the molecule is Cc1ccc(C(C)Nc2cccnc2[N+](=O)[O-])cc1. The quantitative estimate of drug-likeness (QED) is 0.672. The molecule has 2 aromatic rings. The minimum absolute atomic E-state index is 0.0245. The van der Waals surface area contributed by atoms with Gasteiger partial charge in [-0.05, 0) is 41.5 Å². The molecule has 0 bridgehead atoms. The average Bonchev–Trinajstić information content (AvgIpc) is 2.39. The smallest absolute Gasteiger partial charge is 0.372 e. The molecule has 0 aliphatic carbocycles. The number of aryl methyl sites for hydroxylation is 1. The number of hydrogen-bond acceptors (Lipinski definition) is 4. The van der Waals surface area contributed by atoms with Crippen LogP contribution >= 0.6 is 0 Å². The van der Waals surface area contributed by atoms with E-state index in [0.29, 0.717) is 5.69 Å². The van der Waals surface area contributed by atoms with E-state index in [1.807, 2.05) is 38.1 Å². The Morgan fingerprint density at radius 1 is 1.26 bits per heavy atom. The Labute approximate surface area is 111 Å². The third-order valence-corrected chi connectivity index (χ3v) is 2.91. The van der Waals surface area contributed by atoms with Crippen molar-refractivity contribution >= 4 is 11.5 Å². The second-order valence-electron chi connectivity index (χ2n) is 4.41. The van der Waals surface area contributed by atoms with Gasteiger partial charge in [-0.1, -0.05) is 29.8 Å². The van der Waals surface area contributed by atoms with Gasteiger partial charge in [-0.3, -0.25) is 0 Å². The molecule has 2 rings (SSSR count). The van der Waals surface area contributed by atoms with Gasteiger partial charge in [0.05, 0.1) is 0 Å². The Balaban J connectivity index is 2.21. The molecule has 0 spiro atoms. The number of hydrogen-bond donors (Lipinski definition) is 1. The van der Waals surface area contributed by atoms with Crippen LogP contribution in [0, 0.1) is 17.0 Å². The van der Waals surface area contributed by atoms with E-state index in [-0.39, 0.29) is 11.9 Å². The normalized spacial score (nSPS) is 11.9. The van der Waals surface area contributed by atoms with Gasteiger partial charge in [0.15, 0.2) is 0 Å². The molecule has 0 aliphatic heterocycles. The van der Waals surface area contributed by atoms with Crippen LogP contribution in [0.15, 0.2) is 42.6 Å². The topological polar surface area (TPSA) is 68.1 Å². The van der Waals surface area contributed by atoms with E-state index >= 15 is 0 Å². The lowest BCUT2D eigenvalue weighted by Gasteiger charge is -2.15. The van der Waals surface area contributed by atoms with Gasteiger partial charge < -0.3 is 15.4 Å². The fraction of sp³-hybridized carbons (Fsp3) is 0.214. The fourth-order valence-electron chi connectivity index (χ4n) is 1.83. The van der Waals surface area contributed by atoms with E-state index in [1.165, 1.54) is 11.8 Å². The molecule has 0 saturated carbocycles. The van der Waals surface area contributed by atoms with Crippen LogP contribution in [0.1, 0.15) is 24.1 Å². The molecule has 5 nitrogen and oxygen atoms in total. The van der Waals surface area contributed by atoms with Crippen molar-refractivity contribution in [3.8, 4) is 0 Å². The molecule has 0 aliphatic rings. The van der Waals surface area contributed by atoms with Gasteiger partial charge in [0.1, 0.15) is 11.9 Å². The highest BCUT2D eigenvalue weighted by Crippen LogP contribution is 2.25. The van der Waals surface area contributed by atoms with Gasteiger partial charge in [0, 0.05) is 6.04 Å². The van der Waals surface area contributed by atoms with E-state index in [1.54, 1.807) is 12.1 Å². The average molecular weight is 257 g/mol. The second kappa shape index (κ2) is 5.48. The number of rotatable bonds is 4. The zero-order valence-corrected chi connectivity index (χ0v) is 10.8. The molecule has 0 fully saturated rings. The van der Waals surface area contributed by atoms with Crippen molar-refractivity contribution < 1.29 is 4.92 Å². The molecule has 0 saturated heterocycles. The van der Waals surface area contributed by atoms with Gasteiger partial charge >= 0.3 is 5.82 Å². The van der Waals surface area contributed by atoms with Gasteiger partial charge in [-0.25, -0.2) is 0 Å². The Morgan fingerprint density at radius 2 is 1.95 bits per heavy atom. The minimum Gasteiger partial charge on any atom is -0.372 e. The highest BCUT2D eigenvalue weighted by Gasteiger charge is 2.16. The number of benzene rings is 1. The summed E-state index contributed by atoms with van der Waals surface area (Å²) in [5.41, 5.74) is 2.69. The predicted octanol–water partition coefficient (Wildman–Crippen LogP) is 3.47. The van der Waals surface area contributed by atoms with Crippen LogP contribution in [0.4, 0.5) is 11.5 Å². The lowest BCUT2D eigenvalue weighted by atomic mass is 10.1. The van der Waals surface area contributed by atoms with E-state index in [4.69, 9.17) is 0 Å². The van der Waals surface area contributed by atoms with Crippen LogP contribution < -0.4 is 5.32 Å². The Morgan fingerprint density at radius 3 is 2.58 bits per heavy atom. The first kappa shape index (κ1) is 13.0. The lowest BCUT2D eigenvalue weighted by Crippen LogP contribution is -2.09. The zero-order valence-electron chi connectivity index (χ0n) is 10.8. The van der Waals surface area contributed by atoms with E-state index in [0.717, 1.165) is 5.56 Å². The standard InChI is InChI=1S/C14H15N3O2/c1-10-5-7-12(8-6-10)11(2)16-13-4-3-9-15-14(13)17(18)19/h3-9,11,16H,1-2H3. The summed E-state index contributed by atoms with van der Waals surface area (Å²) < 4.78 is 0. The molecule has 1 aromatic heterocycles. The van der Waals surface area contributed by atoms with Crippen LogP contribution in [0.25, 0.3) is 0 Å².